The molecule has 1 rings (SSSR count). The first-order valence-corrected chi connectivity index (χ1v) is 5.44. The molecule has 17 heavy (non-hydrogen) atoms. The van der Waals surface area contributed by atoms with Crippen LogP contribution in [0.1, 0.15) is 25.5 Å². The Morgan fingerprint density at radius 1 is 1.35 bits per heavy atom. The SMILES string of the molecule is CC(=O)NCCNC(C)c1cccc(F)c1F. The maximum Gasteiger partial charge on any atom is 0.216 e. The standard InChI is InChI=1S/C12H16F2N2O/c1-8(15-6-7-16-9(2)17)10-4-3-5-11(13)12(10)14/h3-5,8,15H,6-7H2,1-2H3,(H,16,17). The minimum Gasteiger partial charge on any atom is -0.355 e. The third-order valence-electron chi connectivity index (χ3n) is 2.40. The zero-order chi connectivity index (χ0) is 12.8. The molecular weight excluding hydrogens is 226 g/mol. The number of benzene rings is 1. The van der Waals surface area contributed by atoms with Crippen molar-refractivity contribution in [3.8, 4) is 0 Å². The number of hydrogen-bond acceptors (Lipinski definition) is 2. The second kappa shape index (κ2) is 6.30. The number of nitrogens with one attached hydrogen (secondary N) is 2. The van der Waals surface area contributed by atoms with Crippen molar-refractivity contribution < 1.29 is 13.6 Å². The summed E-state index contributed by atoms with van der Waals surface area (Å²) >= 11 is 0. The van der Waals surface area contributed by atoms with Crippen molar-refractivity contribution in [1.29, 1.82) is 0 Å². The lowest BCUT2D eigenvalue weighted by molar-refractivity contribution is -0.118. The largest absolute Gasteiger partial charge is 0.355 e. The van der Waals surface area contributed by atoms with E-state index in [0.717, 1.165) is 6.07 Å². The molecule has 0 fully saturated rings. The van der Waals surface area contributed by atoms with E-state index in [1.54, 1.807) is 6.92 Å². The second-order valence-electron chi connectivity index (χ2n) is 3.80. The molecule has 1 aromatic carbocycles. The zero-order valence-electron chi connectivity index (χ0n) is 9.89. The third kappa shape index (κ3) is 4.11. The fraction of sp³-hybridized carbons (Fsp3) is 0.417. The molecule has 5 heteroatoms. The van der Waals surface area contributed by atoms with E-state index in [0.29, 0.717) is 13.1 Å². The smallest absolute Gasteiger partial charge is 0.216 e. The molecule has 3 nitrogen and oxygen atoms in total. The molecule has 0 aromatic heterocycles. The summed E-state index contributed by atoms with van der Waals surface area (Å²) in [6.45, 7) is 4.12. The van der Waals surface area contributed by atoms with Gasteiger partial charge in [-0.3, -0.25) is 4.79 Å². The maximum atomic E-state index is 13.4. The number of carbonyl (C=O) groups is 1. The van der Waals surface area contributed by atoms with E-state index < -0.39 is 11.6 Å². The monoisotopic (exact) mass is 242 g/mol. The summed E-state index contributed by atoms with van der Waals surface area (Å²) in [5.74, 6) is -1.79. The van der Waals surface area contributed by atoms with Crippen molar-refractivity contribution in [2.75, 3.05) is 13.1 Å². The van der Waals surface area contributed by atoms with E-state index in [2.05, 4.69) is 10.6 Å². The van der Waals surface area contributed by atoms with Crippen LogP contribution in [0.2, 0.25) is 0 Å². The van der Waals surface area contributed by atoms with E-state index >= 15 is 0 Å². The third-order valence-corrected chi connectivity index (χ3v) is 2.40. The first-order valence-electron chi connectivity index (χ1n) is 5.44. The molecule has 1 amide bonds. The number of rotatable bonds is 5. The van der Waals surface area contributed by atoms with Crippen LogP contribution in [0, 0.1) is 11.6 Å². The van der Waals surface area contributed by atoms with Gasteiger partial charge in [-0.15, -0.1) is 0 Å². The Kier molecular flexibility index (Phi) is 5.03. The first kappa shape index (κ1) is 13.6. The minimum absolute atomic E-state index is 0.114. The van der Waals surface area contributed by atoms with Crippen LogP contribution in [0.25, 0.3) is 0 Å². The topological polar surface area (TPSA) is 41.1 Å². The van der Waals surface area contributed by atoms with E-state index in [1.165, 1.54) is 19.1 Å². The predicted octanol–water partition coefficient (Wildman–Crippen LogP) is 1.75. The Labute approximate surface area is 99.2 Å². The fourth-order valence-corrected chi connectivity index (χ4v) is 1.49. The molecule has 1 aromatic rings. The van der Waals surface area contributed by atoms with Gasteiger partial charge >= 0.3 is 0 Å². The van der Waals surface area contributed by atoms with Crippen LogP contribution >= 0.6 is 0 Å². The summed E-state index contributed by atoms with van der Waals surface area (Å²) in [7, 11) is 0. The van der Waals surface area contributed by atoms with E-state index in [1.807, 2.05) is 0 Å². The molecule has 0 heterocycles. The van der Waals surface area contributed by atoms with Gasteiger partial charge in [-0.1, -0.05) is 12.1 Å². The second-order valence-corrected chi connectivity index (χ2v) is 3.80. The highest BCUT2D eigenvalue weighted by atomic mass is 19.2. The number of amides is 1. The van der Waals surface area contributed by atoms with Gasteiger partial charge in [0.1, 0.15) is 0 Å². The summed E-state index contributed by atoms with van der Waals surface area (Å²) in [5.41, 5.74) is 0.285. The summed E-state index contributed by atoms with van der Waals surface area (Å²) < 4.78 is 26.4. The average molecular weight is 242 g/mol. The van der Waals surface area contributed by atoms with Gasteiger partial charge < -0.3 is 10.6 Å². The summed E-state index contributed by atoms with van der Waals surface area (Å²) in [6.07, 6.45) is 0. The highest BCUT2D eigenvalue weighted by molar-refractivity contribution is 5.72. The molecule has 0 aliphatic heterocycles. The molecule has 0 saturated heterocycles. The van der Waals surface area contributed by atoms with Crippen molar-refractivity contribution in [3.63, 3.8) is 0 Å². The molecule has 0 spiro atoms. The number of carbonyl (C=O) groups excluding carboxylic acids is 1. The van der Waals surface area contributed by atoms with Crippen LogP contribution in [0.5, 0.6) is 0 Å². The highest BCUT2D eigenvalue weighted by Crippen LogP contribution is 2.18. The van der Waals surface area contributed by atoms with Crippen LogP contribution in [-0.2, 0) is 4.79 Å². The summed E-state index contributed by atoms with van der Waals surface area (Å²) in [6, 6.07) is 3.79. The van der Waals surface area contributed by atoms with Gasteiger partial charge in [0.15, 0.2) is 11.6 Å². The van der Waals surface area contributed by atoms with Gasteiger partial charge in [0, 0.05) is 31.6 Å². The molecule has 1 unspecified atom stereocenters. The van der Waals surface area contributed by atoms with Gasteiger partial charge in [-0.25, -0.2) is 8.78 Å². The van der Waals surface area contributed by atoms with Crippen LogP contribution in [0.3, 0.4) is 0 Å². The Morgan fingerprint density at radius 2 is 2.06 bits per heavy atom. The van der Waals surface area contributed by atoms with Crippen LogP contribution < -0.4 is 10.6 Å². The number of halogens is 2. The van der Waals surface area contributed by atoms with Crippen molar-refractivity contribution in [3.05, 3.63) is 35.4 Å². The molecule has 0 aliphatic rings. The lowest BCUT2D eigenvalue weighted by atomic mass is 10.1. The van der Waals surface area contributed by atoms with Gasteiger partial charge in [-0.2, -0.15) is 0 Å². The van der Waals surface area contributed by atoms with Crippen LogP contribution in [0.15, 0.2) is 18.2 Å². The normalized spacial score (nSPS) is 12.2. The lowest BCUT2D eigenvalue weighted by Gasteiger charge is -2.15. The quantitative estimate of drug-likeness (QED) is 0.772. The molecular formula is C12H16F2N2O. The van der Waals surface area contributed by atoms with Crippen molar-refractivity contribution in [2.24, 2.45) is 0 Å². The zero-order valence-corrected chi connectivity index (χ0v) is 9.89. The van der Waals surface area contributed by atoms with Crippen molar-refractivity contribution in [2.45, 2.75) is 19.9 Å². The predicted molar refractivity (Wildman–Crippen MR) is 61.5 cm³/mol. The minimum atomic E-state index is -0.849. The van der Waals surface area contributed by atoms with Gasteiger partial charge in [0.2, 0.25) is 5.91 Å². The highest BCUT2D eigenvalue weighted by Gasteiger charge is 2.13. The molecule has 94 valence electrons. The fourth-order valence-electron chi connectivity index (χ4n) is 1.49. The van der Waals surface area contributed by atoms with Crippen molar-refractivity contribution >= 4 is 5.91 Å². The Hall–Kier alpha value is -1.49. The Morgan fingerprint density at radius 3 is 2.71 bits per heavy atom. The summed E-state index contributed by atoms with van der Waals surface area (Å²) in [5, 5.41) is 5.61. The molecule has 0 saturated carbocycles. The Bertz CT molecular complexity index is 396. The van der Waals surface area contributed by atoms with Gasteiger partial charge in [-0.05, 0) is 13.0 Å². The average Bonchev–Trinajstić information content (AvgIpc) is 2.27. The molecule has 2 N–H and O–H groups in total. The molecule has 0 aliphatic carbocycles. The van der Waals surface area contributed by atoms with Crippen LogP contribution in [-0.4, -0.2) is 19.0 Å². The molecule has 0 radical (unpaired) electrons. The molecule has 1 atom stereocenters. The summed E-state index contributed by atoms with van der Waals surface area (Å²) in [4.78, 5) is 10.6. The first-order chi connectivity index (χ1) is 8.02. The molecule has 0 bridgehead atoms. The van der Waals surface area contributed by atoms with E-state index in [9.17, 15) is 13.6 Å². The van der Waals surface area contributed by atoms with E-state index in [-0.39, 0.29) is 17.5 Å². The van der Waals surface area contributed by atoms with Gasteiger partial charge in [0.05, 0.1) is 0 Å². The van der Waals surface area contributed by atoms with Crippen LogP contribution in [0.4, 0.5) is 8.78 Å². The van der Waals surface area contributed by atoms with E-state index in [4.69, 9.17) is 0 Å². The maximum absolute atomic E-state index is 13.4. The Balaban J connectivity index is 2.49. The van der Waals surface area contributed by atoms with Crippen molar-refractivity contribution in [1.82, 2.24) is 10.6 Å². The van der Waals surface area contributed by atoms with Gasteiger partial charge in [0.25, 0.3) is 0 Å². The lowest BCUT2D eigenvalue weighted by Crippen LogP contribution is -2.31. The number of hydrogen-bond donors (Lipinski definition) is 2.